The highest BCUT2D eigenvalue weighted by atomic mass is 16.7. The van der Waals surface area contributed by atoms with Crippen LogP contribution in [0.25, 0.3) is 0 Å². The van der Waals surface area contributed by atoms with Crippen molar-refractivity contribution in [3.63, 3.8) is 0 Å². The van der Waals surface area contributed by atoms with Crippen molar-refractivity contribution in [1.29, 1.82) is 0 Å². The molecule has 0 bridgehead atoms. The third-order valence-corrected chi connectivity index (χ3v) is 3.18. The molecule has 0 atom stereocenters. The molecule has 15 heavy (non-hydrogen) atoms. The van der Waals surface area contributed by atoms with E-state index in [-0.39, 0.29) is 11.8 Å². The first kappa shape index (κ1) is 12.5. The van der Waals surface area contributed by atoms with Crippen molar-refractivity contribution in [1.82, 2.24) is 5.06 Å². The van der Waals surface area contributed by atoms with Crippen LogP contribution in [0.1, 0.15) is 25.7 Å². The summed E-state index contributed by atoms with van der Waals surface area (Å²) in [6, 6.07) is 0. The van der Waals surface area contributed by atoms with E-state index in [1.165, 1.54) is 12.2 Å². The summed E-state index contributed by atoms with van der Waals surface area (Å²) in [5, 5.41) is 1.33. The van der Waals surface area contributed by atoms with Crippen molar-refractivity contribution >= 4 is 5.91 Å². The van der Waals surface area contributed by atoms with Gasteiger partial charge >= 0.3 is 0 Å². The van der Waals surface area contributed by atoms with Crippen molar-refractivity contribution in [2.24, 2.45) is 11.8 Å². The maximum absolute atomic E-state index is 11.8. The molecule has 0 heterocycles. The molecule has 0 N–H and O–H groups in total. The van der Waals surface area contributed by atoms with Crippen LogP contribution < -0.4 is 0 Å². The zero-order chi connectivity index (χ0) is 11.3. The molecule has 0 aliphatic heterocycles. The Morgan fingerprint density at radius 1 is 1.27 bits per heavy atom. The van der Waals surface area contributed by atoms with Crippen LogP contribution in [-0.2, 0) is 14.4 Å². The lowest BCUT2D eigenvalue weighted by Crippen LogP contribution is -2.34. The summed E-state index contributed by atoms with van der Waals surface area (Å²) in [5.74, 6) is 0.878. The molecule has 1 aliphatic carbocycles. The number of rotatable bonds is 4. The normalized spacial score (nSPS) is 26.3. The molecule has 0 unspecified atom stereocenters. The number of ether oxygens (including phenoxy) is 1. The van der Waals surface area contributed by atoms with Gasteiger partial charge in [-0.25, -0.2) is 5.06 Å². The molecule has 0 aromatic carbocycles. The van der Waals surface area contributed by atoms with Crippen molar-refractivity contribution in [2.75, 3.05) is 27.9 Å². The molecule has 1 fully saturated rings. The fourth-order valence-corrected chi connectivity index (χ4v) is 2.16. The van der Waals surface area contributed by atoms with E-state index < -0.39 is 0 Å². The lowest BCUT2D eigenvalue weighted by Gasteiger charge is -2.29. The number of carbonyl (C=O) groups is 1. The van der Waals surface area contributed by atoms with E-state index in [0.717, 1.165) is 32.3 Å². The number of methoxy groups -OCH3 is 1. The quantitative estimate of drug-likeness (QED) is 0.666. The van der Waals surface area contributed by atoms with Crippen molar-refractivity contribution in [3.05, 3.63) is 0 Å². The van der Waals surface area contributed by atoms with Gasteiger partial charge in [-0.15, -0.1) is 0 Å². The minimum absolute atomic E-state index is 0.105. The lowest BCUT2D eigenvalue weighted by atomic mass is 9.82. The molecule has 0 spiro atoms. The first-order valence-electron chi connectivity index (χ1n) is 5.49. The van der Waals surface area contributed by atoms with Crippen LogP contribution >= 0.6 is 0 Å². The Morgan fingerprint density at radius 2 is 1.87 bits per heavy atom. The molecule has 1 saturated carbocycles. The van der Waals surface area contributed by atoms with Gasteiger partial charge in [0.15, 0.2) is 0 Å². The third kappa shape index (κ3) is 3.47. The SMILES string of the molecule is COC[C@H]1CC[C@H](C(=O)N(C)OC)CC1. The average Bonchev–Trinajstić information content (AvgIpc) is 2.28. The average molecular weight is 215 g/mol. The number of hydrogen-bond donors (Lipinski definition) is 0. The molecule has 0 saturated heterocycles. The van der Waals surface area contributed by atoms with E-state index in [9.17, 15) is 4.79 Å². The maximum Gasteiger partial charge on any atom is 0.248 e. The zero-order valence-electron chi connectivity index (χ0n) is 9.86. The fourth-order valence-electron chi connectivity index (χ4n) is 2.16. The summed E-state index contributed by atoms with van der Waals surface area (Å²) in [4.78, 5) is 16.7. The van der Waals surface area contributed by atoms with Crippen LogP contribution in [-0.4, -0.2) is 38.8 Å². The van der Waals surface area contributed by atoms with Gasteiger partial charge < -0.3 is 4.74 Å². The minimum atomic E-state index is 0.105. The zero-order valence-corrected chi connectivity index (χ0v) is 9.86. The number of carbonyl (C=O) groups excluding carboxylic acids is 1. The van der Waals surface area contributed by atoms with Gasteiger partial charge in [-0.2, -0.15) is 0 Å². The monoisotopic (exact) mass is 215 g/mol. The van der Waals surface area contributed by atoms with Crippen molar-refractivity contribution in [2.45, 2.75) is 25.7 Å². The van der Waals surface area contributed by atoms with E-state index in [4.69, 9.17) is 9.57 Å². The minimum Gasteiger partial charge on any atom is -0.384 e. The standard InChI is InChI=1S/C11H21NO3/c1-12(15-3)11(13)10-6-4-9(5-7-10)8-14-2/h9-10H,4-8H2,1-3H3/t9-,10-. The summed E-state index contributed by atoms with van der Waals surface area (Å²) in [7, 11) is 4.92. The summed E-state index contributed by atoms with van der Waals surface area (Å²) in [5.41, 5.74) is 0. The maximum atomic E-state index is 11.8. The van der Waals surface area contributed by atoms with E-state index >= 15 is 0 Å². The second-order valence-electron chi connectivity index (χ2n) is 4.19. The molecule has 1 amide bonds. The van der Waals surface area contributed by atoms with Gasteiger partial charge in [0, 0.05) is 26.7 Å². The van der Waals surface area contributed by atoms with Crippen LogP contribution in [0, 0.1) is 11.8 Å². The predicted octanol–water partition coefficient (Wildman–Crippen LogP) is 1.46. The Balaban J connectivity index is 2.33. The summed E-state index contributed by atoms with van der Waals surface area (Å²) >= 11 is 0. The Labute approximate surface area is 91.5 Å². The second kappa shape index (κ2) is 6.08. The molecule has 4 heteroatoms. The molecule has 1 rings (SSSR count). The summed E-state index contributed by atoms with van der Waals surface area (Å²) in [6.07, 6.45) is 4.09. The van der Waals surface area contributed by atoms with Gasteiger partial charge in [-0.05, 0) is 31.6 Å². The molecule has 4 nitrogen and oxygen atoms in total. The van der Waals surface area contributed by atoms with E-state index in [2.05, 4.69) is 0 Å². The predicted molar refractivity (Wildman–Crippen MR) is 57.1 cm³/mol. The first-order valence-corrected chi connectivity index (χ1v) is 5.49. The van der Waals surface area contributed by atoms with Gasteiger partial charge in [0.25, 0.3) is 0 Å². The third-order valence-electron chi connectivity index (χ3n) is 3.18. The van der Waals surface area contributed by atoms with Gasteiger partial charge in [-0.3, -0.25) is 9.63 Å². The number of hydrogen-bond acceptors (Lipinski definition) is 3. The fraction of sp³-hybridized carbons (Fsp3) is 0.909. The topological polar surface area (TPSA) is 38.8 Å². The number of amides is 1. The number of nitrogens with zero attached hydrogens (tertiary/aromatic N) is 1. The largest absolute Gasteiger partial charge is 0.384 e. The van der Waals surface area contributed by atoms with E-state index in [0.29, 0.717) is 5.92 Å². The second-order valence-corrected chi connectivity index (χ2v) is 4.19. The van der Waals surface area contributed by atoms with Gasteiger partial charge in [0.1, 0.15) is 0 Å². The highest BCUT2D eigenvalue weighted by molar-refractivity contribution is 5.77. The van der Waals surface area contributed by atoms with Gasteiger partial charge in [0.2, 0.25) is 5.91 Å². The van der Waals surface area contributed by atoms with Crippen LogP contribution in [0.5, 0.6) is 0 Å². The Morgan fingerprint density at radius 3 is 2.33 bits per heavy atom. The van der Waals surface area contributed by atoms with Crippen LogP contribution in [0.4, 0.5) is 0 Å². The van der Waals surface area contributed by atoms with E-state index in [1.807, 2.05) is 0 Å². The molecule has 0 radical (unpaired) electrons. The highest BCUT2D eigenvalue weighted by Gasteiger charge is 2.28. The smallest absolute Gasteiger partial charge is 0.248 e. The molecule has 0 aromatic rings. The van der Waals surface area contributed by atoms with Crippen molar-refractivity contribution in [3.8, 4) is 0 Å². The molecular weight excluding hydrogens is 194 g/mol. The van der Waals surface area contributed by atoms with E-state index in [1.54, 1.807) is 14.2 Å². The van der Waals surface area contributed by atoms with Crippen LogP contribution in [0.2, 0.25) is 0 Å². The Bertz CT molecular complexity index is 200. The van der Waals surface area contributed by atoms with Crippen molar-refractivity contribution < 1.29 is 14.4 Å². The molecular formula is C11H21NO3. The van der Waals surface area contributed by atoms with Gasteiger partial charge in [-0.1, -0.05) is 0 Å². The first-order chi connectivity index (χ1) is 7.19. The Kier molecular flexibility index (Phi) is 5.05. The summed E-state index contributed by atoms with van der Waals surface area (Å²) < 4.78 is 5.13. The van der Waals surface area contributed by atoms with Gasteiger partial charge in [0.05, 0.1) is 7.11 Å². The van der Waals surface area contributed by atoms with Crippen LogP contribution in [0.15, 0.2) is 0 Å². The summed E-state index contributed by atoms with van der Waals surface area (Å²) in [6.45, 7) is 0.820. The molecule has 1 aliphatic rings. The molecule has 0 aromatic heterocycles. The lowest BCUT2D eigenvalue weighted by molar-refractivity contribution is -0.174. The Hall–Kier alpha value is -0.610. The number of hydroxylamine groups is 2. The highest BCUT2D eigenvalue weighted by Crippen LogP contribution is 2.29. The molecule has 88 valence electrons. The van der Waals surface area contributed by atoms with Crippen LogP contribution in [0.3, 0.4) is 0 Å².